The lowest BCUT2D eigenvalue weighted by Crippen LogP contribution is -2.12. The van der Waals surface area contributed by atoms with Gasteiger partial charge in [-0.25, -0.2) is 0 Å². The van der Waals surface area contributed by atoms with Gasteiger partial charge in [-0.15, -0.1) is 0 Å². The summed E-state index contributed by atoms with van der Waals surface area (Å²) in [5.74, 6) is -0.288. The predicted molar refractivity (Wildman–Crippen MR) is 174 cm³/mol. The Labute approximate surface area is 241 Å². The lowest BCUT2D eigenvalue weighted by molar-refractivity contribution is 0.100. The van der Waals surface area contributed by atoms with Crippen LogP contribution in [0, 0.1) is 0 Å². The van der Waals surface area contributed by atoms with E-state index in [0.717, 1.165) is 53.9 Å². The maximum absolute atomic E-state index is 14.3. The smallest absolute Gasteiger partial charge is 0.194 e. The minimum Gasteiger partial charge on any atom is -0.289 e. The molecule has 0 saturated heterocycles. The van der Waals surface area contributed by atoms with E-state index in [4.69, 9.17) is 0 Å². The highest BCUT2D eigenvalue weighted by Gasteiger charge is 2.24. The fraction of sp³-hybridized carbons (Fsp3) is 0. The molecule has 0 atom stereocenters. The van der Waals surface area contributed by atoms with Crippen LogP contribution in [0.1, 0.15) is 31.8 Å². The molecular formula is C40H22O2. The zero-order valence-corrected chi connectivity index (χ0v) is 22.5. The third-order valence-electron chi connectivity index (χ3n) is 8.96. The summed E-state index contributed by atoms with van der Waals surface area (Å²) in [5.41, 5.74) is 2.05. The van der Waals surface area contributed by atoms with Crippen LogP contribution in [-0.4, -0.2) is 11.6 Å². The number of rotatable bonds is 4. The molecule has 2 heteroatoms. The van der Waals surface area contributed by atoms with Crippen molar-refractivity contribution >= 4 is 76.2 Å². The summed E-state index contributed by atoms with van der Waals surface area (Å²) in [6, 6.07) is 44.4. The van der Waals surface area contributed by atoms with Gasteiger partial charge in [-0.05, 0) is 76.8 Å². The summed E-state index contributed by atoms with van der Waals surface area (Å²) in [4.78, 5) is 28.7. The van der Waals surface area contributed by atoms with Gasteiger partial charge in [0, 0.05) is 22.3 Å². The summed E-state index contributed by atoms with van der Waals surface area (Å²) in [6.07, 6.45) is 0. The summed E-state index contributed by atoms with van der Waals surface area (Å²) < 4.78 is 0. The molecule has 0 heterocycles. The Bertz CT molecular complexity index is 2340. The minimum absolute atomic E-state index is 0.144. The van der Waals surface area contributed by atoms with Crippen LogP contribution in [-0.2, 0) is 0 Å². The topological polar surface area (TPSA) is 34.1 Å². The van der Waals surface area contributed by atoms with Crippen LogP contribution in [0.15, 0.2) is 133 Å². The van der Waals surface area contributed by atoms with Gasteiger partial charge in [0.25, 0.3) is 0 Å². The van der Waals surface area contributed by atoms with Crippen LogP contribution < -0.4 is 0 Å². The maximum atomic E-state index is 14.3. The van der Waals surface area contributed by atoms with Gasteiger partial charge < -0.3 is 0 Å². The molecule has 0 aliphatic heterocycles. The highest BCUT2D eigenvalue weighted by Crippen LogP contribution is 2.39. The van der Waals surface area contributed by atoms with Crippen LogP contribution in [0.3, 0.4) is 0 Å². The molecular weight excluding hydrogens is 512 g/mol. The van der Waals surface area contributed by atoms with E-state index in [9.17, 15) is 9.59 Å². The summed E-state index contributed by atoms with van der Waals surface area (Å²) in [7, 11) is 0. The monoisotopic (exact) mass is 534 g/mol. The van der Waals surface area contributed by atoms with Crippen molar-refractivity contribution < 1.29 is 9.59 Å². The van der Waals surface area contributed by atoms with Gasteiger partial charge >= 0.3 is 0 Å². The van der Waals surface area contributed by atoms with E-state index in [1.165, 1.54) is 10.8 Å². The Hall–Kier alpha value is -5.60. The van der Waals surface area contributed by atoms with Crippen molar-refractivity contribution in [2.75, 3.05) is 0 Å². The van der Waals surface area contributed by atoms with Gasteiger partial charge in [0.15, 0.2) is 11.6 Å². The van der Waals surface area contributed by atoms with Crippen LogP contribution in [0.5, 0.6) is 0 Å². The van der Waals surface area contributed by atoms with E-state index >= 15 is 0 Å². The van der Waals surface area contributed by atoms with Gasteiger partial charge in [-0.3, -0.25) is 9.59 Å². The Morgan fingerprint density at radius 1 is 0.286 bits per heavy atom. The van der Waals surface area contributed by atoms with Crippen molar-refractivity contribution in [3.63, 3.8) is 0 Å². The average molecular weight is 535 g/mol. The maximum Gasteiger partial charge on any atom is 0.194 e. The van der Waals surface area contributed by atoms with Crippen LogP contribution in [0.2, 0.25) is 0 Å². The molecule has 0 aliphatic carbocycles. The number of carbonyl (C=O) groups excluding carboxylic acids is 2. The molecule has 0 aliphatic rings. The Morgan fingerprint density at radius 2 is 0.619 bits per heavy atom. The van der Waals surface area contributed by atoms with Crippen LogP contribution in [0.25, 0.3) is 64.6 Å². The lowest BCUT2D eigenvalue weighted by Gasteiger charge is -2.16. The van der Waals surface area contributed by atoms with Crippen molar-refractivity contribution in [2.45, 2.75) is 0 Å². The Morgan fingerprint density at radius 3 is 1.02 bits per heavy atom. The van der Waals surface area contributed by atoms with E-state index in [1.54, 1.807) is 12.1 Å². The summed E-state index contributed by atoms with van der Waals surface area (Å²) in [5, 5.41) is 13.1. The van der Waals surface area contributed by atoms with E-state index in [2.05, 4.69) is 72.8 Å². The van der Waals surface area contributed by atoms with Crippen LogP contribution in [0.4, 0.5) is 0 Å². The first-order valence-corrected chi connectivity index (χ1v) is 14.2. The minimum atomic E-state index is -0.144. The van der Waals surface area contributed by atoms with Gasteiger partial charge in [0.2, 0.25) is 0 Å². The molecule has 0 amide bonds. The molecule has 0 saturated carbocycles. The quantitative estimate of drug-likeness (QED) is 0.166. The summed E-state index contributed by atoms with van der Waals surface area (Å²) >= 11 is 0. The predicted octanol–water partition coefficient (Wildman–Crippen LogP) is 9.94. The zero-order valence-electron chi connectivity index (χ0n) is 22.5. The largest absolute Gasteiger partial charge is 0.289 e. The third-order valence-corrected chi connectivity index (χ3v) is 8.96. The molecule has 9 aromatic rings. The highest BCUT2D eigenvalue weighted by atomic mass is 16.1. The third kappa shape index (κ3) is 3.09. The van der Waals surface area contributed by atoms with Crippen molar-refractivity contribution in [1.29, 1.82) is 0 Å². The Balaban J connectivity index is 1.24. The molecule has 9 aromatic carbocycles. The molecule has 0 fully saturated rings. The first-order chi connectivity index (χ1) is 20.7. The van der Waals surface area contributed by atoms with E-state index < -0.39 is 0 Å². The van der Waals surface area contributed by atoms with E-state index in [0.29, 0.717) is 22.3 Å². The van der Waals surface area contributed by atoms with Gasteiger partial charge in [0.05, 0.1) is 0 Å². The zero-order chi connectivity index (χ0) is 27.9. The SMILES string of the molecule is O=C(c1ccccc1C(=O)c1ccc2ccc3cccc4ccc1c2c34)c1ccc2ccc3cccc4ccc1c2c34. The second-order valence-electron chi connectivity index (χ2n) is 11.1. The molecule has 0 unspecified atom stereocenters. The van der Waals surface area contributed by atoms with Crippen LogP contribution >= 0.6 is 0 Å². The fourth-order valence-electron chi connectivity index (χ4n) is 7.04. The van der Waals surface area contributed by atoms with Crippen molar-refractivity contribution in [2.24, 2.45) is 0 Å². The molecule has 42 heavy (non-hydrogen) atoms. The fourth-order valence-corrected chi connectivity index (χ4v) is 7.04. The molecule has 9 rings (SSSR count). The number of carbonyl (C=O) groups is 2. The van der Waals surface area contributed by atoms with Gasteiger partial charge in [-0.1, -0.05) is 121 Å². The first kappa shape index (κ1) is 23.1. The molecule has 0 aromatic heterocycles. The normalized spacial score (nSPS) is 12.0. The summed E-state index contributed by atoms with van der Waals surface area (Å²) in [6.45, 7) is 0. The van der Waals surface area contributed by atoms with Gasteiger partial charge in [0.1, 0.15) is 0 Å². The molecule has 2 nitrogen and oxygen atoms in total. The molecule has 0 N–H and O–H groups in total. The number of hydrogen-bond acceptors (Lipinski definition) is 2. The van der Waals surface area contributed by atoms with Crippen molar-refractivity contribution in [3.05, 3.63) is 156 Å². The van der Waals surface area contributed by atoms with Crippen molar-refractivity contribution in [1.82, 2.24) is 0 Å². The number of ketones is 2. The highest BCUT2D eigenvalue weighted by molar-refractivity contribution is 6.32. The number of benzene rings is 9. The second kappa shape index (κ2) is 8.45. The second-order valence-corrected chi connectivity index (χ2v) is 11.1. The van der Waals surface area contributed by atoms with E-state index in [1.807, 2.05) is 48.5 Å². The number of hydrogen-bond donors (Lipinski definition) is 0. The standard InChI is InChI=1S/C40H22O2/c41-39(33-21-17-27-13-11-23-5-3-7-25-15-19-29(33)37(27)35(23)25)31-9-1-2-10-32(31)40(42)34-22-18-28-14-12-24-6-4-8-26-16-20-30(34)38(28)36(24)26/h1-22H. The van der Waals surface area contributed by atoms with Crippen molar-refractivity contribution in [3.8, 4) is 0 Å². The lowest BCUT2D eigenvalue weighted by atomic mass is 9.86. The average Bonchev–Trinajstić information content (AvgIpc) is 3.05. The molecule has 0 bridgehead atoms. The van der Waals surface area contributed by atoms with Gasteiger partial charge in [-0.2, -0.15) is 0 Å². The van der Waals surface area contributed by atoms with E-state index in [-0.39, 0.29) is 11.6 Å². The first-order valence-electron chi connectivity index (χ1n) is 14.2. The molecule has 0 spiro atoms. The molecule has 194 valence electrons. The Kier molecular flexibility index (Phi) is 4.66. The molecule has 0 radical (unpaired) electrons.